The second kappa shape index (κ2) is 5.88. The summed E-state index contributed by atoms with van der Waals surface area (Å²) in [5, 5.41) is 11.3. The zero-order chi connectivity index (χ0) is 17.5. The maximum atomic E-state index is 12.7. The van der Waals surface area contributed by atoms with Gasteiger partial charge in [-0.25, -0.2) is 0 Å². The Labute approximate surface area is 151 Å². The molecule has 4 aromatic rings. The molecule has 1 atom stereocenters. The van der Waals surface area contributed by atoms with Crippen molar-refractivity contribution >= 4 is 38.8 Å². The lowest BCUT2D eigenvalue weighted by molar-refractivity contribution is -0.117. The maximum Gasteiger partial charge on any atom is 0.247 e. The Hall–Kier alpha value is -3.33. The molecule has 0 saturated heterocycles. The van der Waals surface area contributed by atoms with Crippen LogP contribution in [-0.2, 0) is 11.2 Å². The number of carbonyl (C=O) groups is 1. The Balaban J connectivity index is 1.64. The zero-order valence-corrected chi connectivity index (χ0v) is 14.2. The average Bonchev–Trinajstić information content (AvgIpc) is 2.68. The van der Waals surface area contributed by atoms with E-state index in [1.807, 2.05) is 24.3 Å². The molecule has 4 aromatic carbocycles. The Morgan fingerprint density at radius 1 is 0.731 bits per heavy atom. The summed E-state index contributed by atoms with van der Waals surface area (Å²) >= 11 is 0. The van der Waals surface area contributed by atoms with Crippen LogP contribution in [0.2, 0.25) is 0 Å². The normalized spacial score (nSPS) is 16.2. The Morgan fingerprint density at radius 3 is 2.00 bits per heavy atom. The van der Waals surface area contributed by atoms with E-state index in [0.717, 1.165) is 11.4 Å². The third kappa shape index (κ3) is 2.40. The molecule has 1 heterocycles. The second-order valence-corrected chi connectivity index (χ2v) is 6.73. The van der Waals surface area contributed by atoms with Gasteiger partial charge in [0, 0.05) is 6.42 Å². The predicted molar refractivity (Wildman–Crippen MR) is 108 cm³/mol. The summed E-state index contributed by atoms with van der Waals surface area (Å²) in [6.07, 6.45) is 0.641. The van der Waals surface area contributed by atoms with Crippen LogP contribution < -0.4 is 10.6 Å². The molecular weight excluding hydrogens is 320 g/mol. The SMILES string of the molecule is O=C1Nc2ccccc2N[C@H]1Cc1c2ccccc2cc2ccccc12. The fourth-order valence-electron chi connectivity index (χ4n) is 3.87. The van der Waals surface area contributed by atoms with Gasteiger partial charge in [0.2, 0.25) is 5.91 Å². The van der Waals surface area contributed by atoms with Crippen LogP contribution in [0.25, 0.3) is 21.5 Å². The van der Waals surface area contributed by atoms with Gasteiger partial charge in [-0.2, -0.15) is 0 Å². The molecule has 1 aliphatic heterocycles. The van der Waals surface area contributed by atoms with Gasteiger partial charge < -0.3 is 10.6 Å². The molecule has 0 saturated carbocycles. The van der Waals surface area contributed by atoms with E-state index in [2.05, 4.69) is 65.2 Å². The van der Waals surface area contributed by atoms with E-state index in [-0.39, 0.29) is 11.9 Å². The molecule has 0 radical (unpaired) electrons. The summed E-state index contributed by atoms with van der Waals surface area (Å²) in [5.41, 5.74) is 3.03. The van der Waals surface area contributed by atoms with Gasteiger partial charge in [-0.15, -0.1) is 0 Å². The van der Waals surface area contributed by atoms with Gasteiger partial charge in [0.25, 0.3) is 0 Å². The van der Waals surface area contributed by atoms with Crippen molar-refractivity contribution in [2.24, 2.45) is 0 Å². The fraction of sp³-hybridized carbons (Fsp3) is 0.0870. The Kier molecular flexibility index (Phi) is 3.39. The summed E-state index contributed by atoms with van der Waals surface area (Å²) in [6, 6.07) is 26.6. The Bertz CT molecular complexity index is 1100. The fourth-order valence-corrected chi connectivity index (χ4v) is 3.87. The van der Waals surface area contributed by atoms with E-state index < -0.39 is 0 Å². The van der Waals surface area contributed by atoms with Gasteiger partial charge in [-0.1, -0.05) is 60.7 Å². The van der Waals surface area contributed by atoms with Gasteiger partial charge >= 0.3 is 0 Å². The third-order valence-electron chi connectivity index (χ3n) is 5.12. The van der Waals surface area contributed by atoms with Crippen LogP contribution in [0.15, 0.2) is 78.9 Å². The molecule has 0 aliphatic carbocycles. The van der Waals surface area contributed by atoms with Crippen molar-refractivity contribution in [2.75, 3.05) is 10.6 Å². The van der Waals surface area contributed by atoms with Gasteiger partial charge in [0.15, 0.2) is 0 Å². The molecule has 0 aromatic heterocycles. The first-order chi connectivity index (χ1) is 12.8. The number of nitrogens with one attached hydrogen (secondary N) is 2. The number of hydrogen-bond donors (Lipinski definition) is 2. The van der Waals surface area contributed by atoms with Crippen molar-refractivity contribution in [3.05, 3.63) is 84.4 Å². The first-order valence-electron chi connectivity index (χ1n) is 8.85. The number of benzene rings is 4. The number of para-hydroxylation sites is 2. The van der Waals surface area contributed by atoms with E-state index in [0.29, 0.717) is 6.42 Å². The van der Waals surface area contributed by atoms with Gasteiger partial charge in [0.1, 0.15) is 6.04 Å². The van der Waals surface area contributed by atoms with Crippen LogP contribution in [-0.4, -0.2) is 11.9 Å². The lowest BCUT2D eigenvalue weighted by Gasteiger charge is -2.27. The number of amides is 1. The minimum atomic E-state index is -0.292. The van der Waals surface area contributed by atoms with Crippen LogP contribution in [0.1, 0.15) is 5.56 Å². The van der Waals surface area contributed by atoms with Crippen molar-refractivity contribution < 1.29 is 4.79 Å². The average molecular weight is 338 g/mol. The molecule has 5 rings (SSSR count). The highest BCUT2D eigenvalue weighted by molar-refractivity contribution is 6.06. The summed E-state index contributed by atoms with van der Waals surface area (Å²) in [7, 11) is 0. The summed E-state index contributed by atoms with van der Waals surface area (Å²) in [6.45, 7) is 0. The van der Waals surface area contributed by atoms with E-state index in [1.54, 1.807) is 0 Å². The smallest absolute Gasteiger partial charge is 0.247 e. The van der Waals surface area contributed by atoms with Crippen molar-refractivity contribution in [1.82, 2.24) is 0 Å². The summed E-state index contributed by atoms with van der Waals surface area (Å²) < 4.78 is 0. The minimum absolute atomic E-state index is 0.0146. The van der Waals surface area contributed by atoms with Crippen molar-refractivity contribution in [2.45, 2.75) is 12.5 Å². The van der Waals surface area contributed by atoms with E-state index in [4.69, 9.17) is 0 Å². The standard InChI is InChI=1S/C23H18N2O/c26-23-22(24-20-11-5-6-12-21(20)25-23)14-19-17-9-3-1-7-15(17)13-16-8-2-4-10-18(16)19/h1-13,22,24H,14H2,(H,25,26)/t22-/m0/s1. The summed E-state index contributed by atoms with van der Waals surface area (Å²) in [4.78, 5) is 12.7. The minimum Gasteiger partial charge on any atom is -0.372 e. The van der Waals surface area contributed by atoms with Crippen molar-refractivity contribution in [1.29, 1.82) is 0 Å². The molecule has 0 unspecified atom stereocenters. The number of hydrogen-bond acceptors (Lipinski definition) is 2. The third-order valence-corrected chi connectivity index (χ3v) is 5.12. The van der Waals surface area contributed by atoms with Crippen LogP contribution in [0, 0.1) is 0 Å². The highest BCUT2D eigenvalue weighted by Gasteiger charge is 2.26. The summed E-state index contributed by atoms with van der Waals surface area (Å²) in [5.74, 6) is 0.0146. The second-order valence-electron chi connectivity index (χ2n) is 6.73. The molecule has 3 heteroatoms. The molecule has 1 aliphatic rings. The van der Waals surface area contributed by atoms with Gasteiger partial charge in [-0.3, -0.25) is 4.79 Å². The molecule has 26 heavy (non-hydrogen) atoms. The predicted octanol–water partition coefficient (Wildman–Crippen LogP) is 4.97. The van der Waals surface area contributed by atoms with E-state index in [9.17, 15) is 4.79 Å². The van der Waals surface area contributed by atoms with E-state index >= 15 is 0 Å². The Morgan fingerprint density at radius 2 is 1.31 bits per heavy atom. The molecule has 3 nitrogen and oxygen atoms in total. The lowest BCUT2D eigenvalue weighted by Crippen LogP contribution is -2.40. The molecular formula is C23H18N2O. The van der Waals surface area contributed by atoms with Crippen molar-refractivity contribution in [3.8, 4) is 0 Å². The molecule has 1 amide bonds. The lowest BCUT2D eigenvalue weighted by atomic mass is 9.92. The van der Waals surface area contributed by atoms with Crippen LogP contribution in [0.5, 0.6) is 0 Å². The molecule has 0 bridgehead atoms. The van der Waals surface area contributed by atoms with Crippen LogP contribution in [0.3, 0.4) is 0 Å². The maximum absolute atomic E-state index is 12.7. The number of fused-ring (bicyclic) bond motifs is 3. The van der Waals surface area contributed by atoms with E-state index in [1.165, 1.54) is 27.1 Å². The van der Waals surface area contributed by atoms with Gasteiger partial charge in [-0.05, 0) is 45.3 Å². The largest absolute Gasteiger partial charge is 0.372 e. The topological polar surface area (TPSA) is 41.1 Å². The first-order valence-corrected chi connectivity index (χ1v) is 8.85. The number of rotatable bonds is 2. The van der Waals surface area contributed by atoms with Crippen LogP contribution in [0.4, 0.5) is 11.4 Å². The number of anilines is 2. The molecule has 0 fully saturated rings. The quantitative estimate of drug-likeness (QED) is 0.507. The number of carbonyl (C=O) groups excluding carboxylic acids is 1. The van der Waals surface area contributed by atoms with Gasteiger partial charge in [0.05, 0.1) is 11.4 Å². The molecule has 2 N–H and O–H groups in total. The highest BCUT2D eigenvalue weighted by atomic mass is 16.2. The first kappa shape index (κ1) is 15.0. The zero-order valence-electron chi connectivity index (χ0n) is 14.2. The van der Waals surface area contributed by atoms with Crippen LogP contribution >= 0.6 is 0 Å². The monoisotopic (exact) mass is 338 g/mol. The highest BCUT2D eigenvalue weighted by Crippen LogP contribution is 2.32. The molecule has 126 valence electrons. The van der Waals surface area contributed by atoms with Crippen molar-refractivity contribution in [3.63, 3.8) is 0 Å². The molecule has 0 spiro atoms.